The Morgan fingerprint density at radius 3 is 2.42 bits per heavy atom. The molecule has 0 spiro atoms. The topological polar surface area (TPSA) is 47.4 Å². The summed E-state index contributed by atoms with van der Waals surface area (Å²) >= 11 is 1.93. The summed E-state index contributed by atoms with van der Waals surface area (Å²) in [5, 5.41) is 3.97. The number of ether oxygens (including phenoxy) is 1. The summed E-state index contributed by atoms with van der Waals surface area (Å²) in [6, 6.07) is 1.72. The van der Waals surface area contributed by atoms with E-state index in [4.69, 9.17) is 4.74 Å². The molecule has 1 amide bonds. The van der Waals surface area contributed by atoms with Crippen molar-refractivity contribution in [2.75, 3.05) is 13.1 Å². The molecular weight excluding hydrogens is 438 g/mol. The van der Waals surface area contributed by atoms with Crippen LogP contribution in [0, 0.1) is 15.5 Å². The second-order valence-electron chi connectivity index (χ2n) is 7.40. The van der Waals surface area contributed by atoms with E-state index in [0.717, 1.165) is 4.68 Å². The van der Waals surface area contributed by atoms with E-state index in [1.165, 1.54) is 0 Å². The number of alkyl halides is 3. The molecule has 0 bridgehead atoms. The molecule has 134 valence electrons. The standard InChI is InChI=1S/C15H19F3IN3O2/c1-14(2,3)24-13(23)21-5-8-9(6-21)12(8)10-4-11(19)20-22(10)7-15(16,17)18/h4,8-9,12H,5-7H2,1-3H3/t8-,9+,12?. The van der Waals surface area contributed by atoms with Gasteiger partial charge in [0.15, 0.2) is 0 Å². The van der Waals surface area contributed by atoms with Gasteiger partial charge in [0.2, 0.25) is 0 Å². The molecule has 1 saturated carbocycles. The Morgan fingerprint density at radius 2 is 1.92 bits per heavy atom. The molecule has 0 radical (unpaired) electrons. The van der Waals surface area contributed by atoms with E-state index in [1.54, 1.807) is 11.0 Å². The third-order valence-electron chi connectivity index (χ3n) is 4.30. The molecule has 1 saturated heterocycles. The molecule has 9 heteroatoms. The van der Waals surface area contributed by atoms with Crippen molar-refractivity contribution in [1.29, 1.82) is 0 Å². The molecular formula is C15H19F3IN3O2. The van der Waals surface area contributed by atoms with Gasteiger partial charge in [0.25, 0.3) is 0 Å². The van der Waals surface area contributed by atoms with Crippen LogP contribution in [0.2, 0.25) is 0 Å². The number of piperidine rings is 1. The fourth-order valence-corrected chi connectivity index (χ4v) is 3.98. The highest BCUT2D eigenvalue weighted by Crippen LogP contribution is 2.58. The fourth-order valence-electron chi connectivity index (χ4n) is 3.40. The average molecular weight is 457 g/mol. The first kappa shape index (κ1) is 17.8. The Labute approximate surface area is 151 Å². The van der Waals surface area contributed by atoms with E-state index in [0.29, 0.717) is 22.5 Å². The van der Waals surface area contributed by atoms with Gasteiger partial charge in [0.05, 0.1) is 0 Å². The van der Waals surface area contributed by atoms with E-state index >= 15 is 0 Å². The maximum atomic E-state index is 12.7. The van der Waals surface area contributed by atoms with Gasteiger partial charge in [-0.05, 0) is 61.3 Å². The predicted octanol–water partition coefficient (Wildman–Crippen LogP) is 3.63. The fraction of sp³-hybridized carbons (Fsp3) is 0.733. The normalized spacial score (nSPS) is 26.5. The summed E-state index contributed by atoms with van der Waals surface area (Å²) in [6.45, 7) is 5.40. The third kappa shape index (κ3) is 3.80. The lowest BCUT2D eigenvalue weighted by atomic mass is 10.2. The van der Waals surface area contributed by atoms with Crippen LogP contribution in [0.4, 0.5) is 18.0 Å². The third-order valence-corrected chi connectivity index (χ3v) is 4.82. The Kier molecular flexibility index (Phi) is 4.28. The molecule has 3 rings (SSSR count). The summed E-state index contributed by atoms with van der Waals surface area (Å²) < 4.78 is 45.1. The largest absolute Gasteiger partial charge is 0.444 e. The molecule has 1 aliphatic heterocycles. The van der Waals surface area contributed by atoms with Crippen molar-refractivity contribution in [3.05, 3.63) is 15.5 Å². The highest BCUT2D eigenvalue weighted by Gasteiger charge is 2.59. The van der Waals surface area contributed by atoms with Crippen LogP contribution in [0.3, 0.4) is 0 Å². The zero-order valence-corrected chi connectivity index (χ0v) is 15.8. The summed E-state index contributed by atoms with van der Waals surface area (Å²) in [5.74, 6) is 0.427. The Morgan fingerprint density at radius 1 is 1.33 bits per heavy atom. The molecule has 24 heavy (non-hydrogen) atoms. The Hall–Kier alpha value is -1.00. The van der Waals surface area contributed by atoms with E-state index in [1.807, 2.05) is 43.4 Å². The maximum Gasteiger partial charge on any atom is 0.410 e. The minimum atomic E-state index is -4.30. The van der Waals surface area contributed by atoms with Crippen LogP contribution in [-0.2, 0) is 11.3 Å². The van der Waals surface area contributed by atoms with Gasteiger partial charge in [-0.15, -0.1) is 0 Å². The van der Waals surface area contributed by atoms with Crippen molar-refractivity contribution >= 4 is 28.7 Å². The minimum absolute atomic E-state index is 0.0436. The molecule has 2 fully saturated rings. The van der Waals surface area contributed by atoms with Crippen molar-refractivity contribution in [3.8, 4) is 0 Å². The van der Waals surface area contributed by atoms with Gasteiger partial charge in [0, 0.05) is 24.7 Å². The Bertz CT molecular complexity index is 641. The molecule has 2 aliphatic rings. The van der Waals surface area contributed by atoms with Crippen LogP contribution in [0.1, 0.15) is 32.4 Å². The molecule has 2 heterocycles. The van der Waals surface area contributed by atoms with Crippen molar-refractivity contribution in [2.45, 2.75) is 45.0 Å². The number of rotatable bonds is 2. The minimum Gasteiger partial charge on any atom is -0.444 e. The zero-order valence-electron chi connectivity index (χ0n) is 13.6. The molecule has 5 nitrogen and oxygen atoms in total. The van der Waals surface area contributed by atoms with Gasteiger partial charge in [-0.2, -0.15) is 18.3 Å². The van der Waals surface area contributed by atoms with Gasteiger partial charge in [0.1, 0.15) is 15.8 Å². The number of carbonyl (C=O) groups is 1. The monoisotopic (exact) mass is 457 g/mol. The number of hydrogen-bond donors (Lipinski definition) is 0. The van der Waals surface area contributed by atoms with Crippen LogP contribution >= 0.6 is 22.6 Å². The number of hydrogen-bond acceptors (Lipinski definition) is 3. The van der Waals surface area contributed by atoms with Gasteiger partial charge in [-0.1, -0.05) is 0 Å². The molecule has 3 atom stereocenters. The highest BCUT2D eigenvalue weighted by molar-refractivity contribution is 14.1. The Balaban J connectivity index is 1.65. The van der Waals surface area contributed by atoms with E-state index in [2.05, 4.69) is 5.10 Å². The first-order valence-corrected chi connectivity index (χ1v) is 8.80. The quantitative estimate of drug-likeness (QED) is 0.638. The van der Waals surface area contributed by atoms with Crippen LogP contribution in [0.25, 0.3) is 0 Å². The zero-order chi connectivity index (χ0) is 17.9. The second kappa shape index (κ2) is 5.77. The number of aromatic nitrogens is 2. The number of halogens is 4. The SMILES string of the molecule is CC(C)(C)OC(=O)N1C[C@@H]2C(c3cc(I)nn3CC(F)(F)F)[C@@H]2C1. The van der Waals surface area contributed by atoms with E-state index in [-0.39, 0.29) is 23.8 Å². The van der Waals surface area contributed by atoms with Crippen LogP contribution in [0.5, 0.6) is 0 Å². The summed E-state index contributed by atoms with van der Waals surface area (Å²) in [6.07, 6.45) is -4.65. The van der Waals surface area contributed by atoms with E-state index in [9.17, 15) is 18.0 Å². The average Bonchev–Trinajstić information content (AvgIpc) is 2.74. The highest BCUT2D eigenvalue weighted by atomic mass is 127. The van der Waals surface area contributed by atoms with Gasteiger partial charge < -0.3 is 9.64 Å². The van der Waals surface area contributed by atoms with Crippen molar-refractivity contribution in [1.82, 2.24) is 14.7 Å². The number of amides is 1. The lowest BCUT2D eigenvalue weighted by Crippen LogP contribution is -2.37. The molecule has 1 aliphatic carbocycles. The number of likely N-dealkylation sites (tertiary alicyclic amines) is 1. The van der Waals surface area contributed by atoms with Gasteiger partial charge >= 0.3 is 12.3 Å². The lowest BCUT2D eigenvalue weighted by molar-refractivity contribution is -0.143. The molecule has 1 unspecified atom stereocenters. The number of fused-ring (bicyclic) bond motifs is 1. The molecule has 1 aromatic heterocycles. The van der Waals surface area contributed by atoms with Gasteiger partial charge in [-0.25, -0.2) is 4.79 Å². The number of nitrogens with zero attached hydrogens (tertiary/aromatic N) is 3. The summed E-state index contributed by atoms with van der Waals surface area (Å²) in [4.78, 5) is 13.7. The van der Waals surface area contributed by atoms with Crippen LogP contribution < -0.4 is 0 Å². The maximum absolute atomic E-state index is 12.7. The molecule has 0 aromatic carbocycles. The first-order chi connectivity index (χ1) is 10.9. The molecule has 1 aromatic rings. The van der Waals surface area contributed by atoms with Gasteiger partial charge in [-0.3, -0.25) is 4.68 Å². The van der Waals surface area contributed by atoms with Crippen molar-refractivity contribution in [3.63, 3.8) is 0 Å². The molecule has 0 N–H and O–H groups in total. The van der Waals surface area contributed by atoms with Crippen molar-refractivity contribution < 1.29 is 22.7 Å². The second-order valence-corrected chi connectivity index (χ2v) is 8.51. The first-order valence-electron chi connectivity index (χ1n) is 7.72. The van der Waals surface area contributed by atoms with Crippen molar-refractivity contribution in [2.24, 2.45) is 11.8 Å². The predicted molar refractivity (Wildman–Crippen MR) is 88.5 cm³/mol. The lowest BCUT2D eigenvalue weighted by Gasteiger charge is -2.26. The van der Waals surface area contributed by atoms with Crippen LogP contribution in [0.15, 0.2) is 6.07 Å². The summed E-state index contributed by atoms with van der Waals surface area (Å²) in [5.41, 5.74) is 0.0700. The van der Waals surface area contributed by atoms with E-state index < -0.39 is 18.3 Å². The smallest absolute Gasteiger partial charge is 0.410 e. The number of carbonyl (C=O) groups excluding carboxylic acids is 1. The van der Waals surface area contributed by atoms with Crippen LogP contribution in [-0.4, -0.2) is 45.6 Å². The summed E-state index contributed by atoms with van der Waals surface area (Å²) in [7, 11) is 0.